The predicted molar refractivity (Wildman–Crippen MR) is 104 cm³/mol. The van der Waals surface area contributed by atoms with Gasteiger partial charge in [0.1, 0.15) is 5.76 Å². The van der Waals surface area contributed by atoms with Gasteiger partial charge in [0.05, 0.1) is 18.1 Å². The number of nitrogens with zero attached hydrogens (tertiary/aromatic N) is 1. The van der Waals surface area contributed by atoms with Gasteiger partial charge in [0.2, 0.25) is 5.71 Å². The second-order valence-corrected chi connectivity index (χ2v) is 6.21. The van der Waals surface area contributed by atoms with Crippen LogP contribution in [0.3, 0.4) is 0 Å². The SMILES string of the molecule is COC(=O)c1ccc(-c2oc3c(c2-c2ccccc2)c(=O)ccn3C)cc1. The lowest BCUT2D eigenvalue weighted by Crippen LogP contribution is -2.03. The minimum absolute atomic E-state index is 0.0943. The maximum Gasteiger partial charge on any atom is 0.337 e. The number of ether oxygens (including phenoxy) is 1. The van der Waals surface area contributed by atoms with E-state index in [1.165, 1.54) is 13.2 Å². The molecule has 0 unspecified atom stereocenters. The highest BCUT2D eigenvalue weighted by molar-refractivity contribution is 6.00. The zero-order valence-electron chi connectivity index (χ0n) is 14.9. The number of pyridine rings is 1. The lowest BCUT2D eigenvalue weighted by atomic mass is 9.98. The van der Waals surface area contributed by atoms with E-state index in [0.29, 0.717) is 22.4 Å². The van der Waals surface area contributed by atoms with E-state index in [1.807, 2.05) is 37.4 Å². The van der Waals surface area contributed by atoms with E-state index in [4.69, 9.17) is 9.15 Å². The molecular formula is C22H17NO4. The number of esters is 1. The number of carbonyl (C=O) groups is 1. The lowest BCUT2D eigenvalue weighted by molar-refractivity contribution is 0.0600. The third-order valence-electron chi connectivity index (χ3n) is 4.54. The van der Waals surface area contributed by atoms with E-state index < -0.39 is 5.97 Å². The quantitative estimate of drug-likeness (QED) is 0.513. The molecule has 0 aliphatic carbocycles. The van der Waals surface area contributed by atoms with Crippen LogP contribution in [0, 0.1) is 0 Å². The molecule has 2 aromatic carbocycles. The van der Waals surface area contributed by atoms with Crippen molar-refractivity contribution < 1.29 is 13.9 Å². The molecule has 4 rings (SSSR count). The first-order valence-corrected chi connectivity index (χ1v) is 8.46. The topological polar surface area (TPSA) is 61.4 Å². The fraction of sp³-hybridized carbons (Fsp3) is 0.0909. The van der Waals surface area contributed by atoms with E-state index in [2.05, 4.69) is 0 Å². The maximum absolute atomic E-state index is 12.6. The van der Waals surface area contributed by atoms with Crippen molar-refractivity contribution in [1.82, 2.24) is 4.57 Å². The Bertz CT molecular complexity index is 1180. The number of hydrogen-bond acceptors (Lipinski definition) is 4. The highest BCUT2D eigenvalue weighted by Crippen LogP contribution is 2.39. The van der Waals surface area contributed by atoms with Crippen LogP contribution in [-0.4, -0.2) is 17.6 Å². The molecule has 0 aliphatic rings. The molecule has 0 saturated heterocycles. The first-order valence-electron chi connectivity index (χ1n) is 8.46. The number of hydrogen-bond donors (Lipinski definition) is 0. The standard InChI is InChI=1S/C22H17NO4/c1-23-13-12-17(24)19-18(14-6-4-3-5-7-14)20(27-21(19)23)15-8-10-16(11-9-15)22(25)26-2/h3-13H,1-2H3. The van der Waals surface area contributed by atoms with Crippen molar-refractivity contribution in [2.24, 2.45) is 7.05 Å². The number of carbonyl (C=O) groups excluding carboxylic acids is 1. The monoisotopic (exact) mass is 359 g/mol. The third-order valence-corrected chi connectivity index (χ3v) is 4.54. The molecular weight excluding hydrogens is 342 g/mol. The van der Waals surface area contributed by atoms with Crippen molar-refractivity contribution >= 4 is 17.1 Å². The van der Waals surface area contributed by atoms with Gasteiger partial charge in [-0.2, -0.15) is 0 Å². The molecule has 4 aromatic rings. The molecule has 134 valence electrons. The number of rotatable bonds is 3. The van der Waals surface area contributed by atoms with Crippen LogP contribution in [0.25, 0.3) is 33.6 Å². The van der Waals surface area contributed by atoms with E-state index in [9.17, 15) is 9.59 Å². The Morgan fingerprint density at radius 1 is 0.963 bits per heavy atom. The van der Waals surface area contributed by atoms with Crippen LogP contribution in [-0.2, 0) is 11.8 Å². The van der Waals surface area contributed by atoms with Crippen molar-refractivity contribution in [3.8, 4) is 22.5 Å². The van der Waals surface area contributed by atoms with Gasteiger partial charge in [-0.25, -0.2) is 4.79 Å². The van der Waals surface area contributed by atoms with Crippen molar-refractivity contribution in [2.75, 3.05) is 7.11 Å². The Hall–Kier alpha value is -3.60. The van der Waals surface area contributed by atoms with E-state index in [0.717, 1.165) is 16.7 Å². The summed E-state index contributed by atoms with van der Waals surface area (Å²) in [6.45, 7) is 0. The van der Waals surface area contributed by atoms with Crippen LogP contribution in [0.2, 0.25) is 0 Å². The second kappa shape index (κ2) is 6.61. The fourth-order valence-corrected chi connectivity index (χ4v) is 3.19. The average molecular weight is 359 g/mol. The number of methoxy groups -OCH3 is 1. The van der Waals surface area contributed by atoms with Crippen LogP contribution in [0.4, 0.5) is 0 Å². The molecule has 0 fully saturated rings. The van der Waals surface area contributed by atoms with Gasteiger partial charge in [-0.1, -0.05) is 42.5 Å². The lowest BCUT2D eigenvalue weighted by Gasteiger charge is -2.05. The normalized spacial score (nSPS) is 10.9. The first-order chi connectivity index (χ1) is 13.1. The van der Waals surface area contributed by atoms with Crippen molar-refractivity contribution in [2.45, 2.75) is 0 Å². The van der Waals surface area contributed by atoms with Crippen LogP contribution >= 0.6 is 0 Å². The summed E-state index contributed by atoms with van der Waals surface area (Å²) in [5.74, 6) is 0.189. The Balaban J connectivity index is 2.01. The van der Waals surface area contributed by atoms with Crippen LogP contribution in [0.15, 0.2) is 76.1 Å². The minimum atomic E-state index is -0.400. The van der Waals surface area contributed by atoms with E-state index in [-0.39, 0.29) is 5.43 Å². The molecule has 0 saturated carbocycles. The van der Waals surface area contributed by atoms with Gasteiger partial charge < -0.3 is 13.7 Å². The van der Waals surface area contributed by atoms with Crippen molar-refractivity contribution in [3.63, 3.8) is 0 Å². The molecule has 2 aromatic heterocycles. The zero-order valence-corrected chi connectivity index (χ0v) is 14.9. The Morgan fingerprint density at radius 2 is 1.67 bits per heavy atom. The van der Waals surface area contributed by atoms with Gasteiger partial charge in [-0.15, -0.1) is 0 Å². The summed E-state index contributed by atoms with van der Waals surface area (Å²) in [7, 11) is 3.18. The number of aryl methyl sites for hydroxylation is 1. The molecule has 0 N–H and O–H groups in total. The van der Waals surface area contributed by atoms with E-state index in [1.54, 1.807) is 35.0 Å². The van der Waals surface area contributed by atoms with Gasteiger partial charge in [-0.05, 0) is 17.7 Å². The molecule has 5 nitrogen and oxygen atoms in total. The minimum Gasteiger partial charge on any atom is -0.465 e. The fourth-order valence-electron chi connectivity index (χ4n) is 3.19. The molecule has 0 bridgehead atoms. The highest BCUT2D eigenvalue weighted by atomic mass is 16.5. The number of fused-ring (bicyclic) bond motifs is 1. The maximum atomic E-state index is 12.6. The van der Waals surface area contributed by atoms with Crippen molar-refractivity contribution in [3.05, 3.63) is 82.6 Å². The summed E-state index contributed by atoms with van der Waals surface area (Å²) < 4.78 is 12.7. The number of benzene rings is 2. The Kier molecular flexibility index (Phi) is 4.12. The first kappa shape index (κ1) is 16.8. The van der Waals surface area contributed by atoms with Gasteiger partial charge >= 0.3 is 5.97 Å². The summed E-state index contributed by atoms with van der Waals surface area (Å²) in [6.07, 6.45) is 1.69. The summed E-state index contributed by atoms with van der Waals surface area (Å²) in [6, 6.07) is 18.1. The van der Waals surface area contributed by atoms with Crippen molar-refractivity contribution in [1.29, 1.82) is 0 Å². The molecule has 5 heteroatoms. The van der Waals surface area contributed by atoms with E-state index >= 15 is 0 Å². The molecule has 27 heavy (non-hydrogen) atoms. The third kappa shape index (κ3) is 2.83. The van der Waals surface area contributed by atoms with Gasteiger partial charge in [0.25, 0.3) is 0 Å². The smallest absolute Gasteiger partial charge is 0.337 e. The Morgan fingerprint density at radius 3 is 2.33 bits per heavy atom. The average Bonchev–Trinajstić information content (AvgIpc) is 3.13. The zero-order chi connectivity index (χ0) is 19.0. The molecule has 0 atom stereocenters. The summed E-state index contributed by atoms with van der Waals surface area (Å²) >= 11 is 0. The number of furan rings is 1. The van der Waals surface area contributed by atoms with Crippen LogP contribution < -0.4 is 5.43 Å². The number of aromatic nitrogens is 1. The van der Waals surface area contributed by atoms with Gasteiger partial charge in [-0.3, -0.25) is 4.79 Å². The summed E-state index contributed by atoms with van der Waals surface area (Å²) in [5, 5.41) is 0.540. The molecule has 0 spiro atoms. The summed E-state index contributed by atoms with van der Waals surface area (Å²) in [4.78, 5) is 24.3. The largest absolute Gasteiger partial charge is 0.465 e. The molecule has 2 heterocycles. The van der Waals surface area contributed by atoms with Crippen LogP contribution in [0.5, 0.6) is 0 Å². The summed E-state index contributed by atoms with van der Waals surface area (Å²) in [5.41, 5.74) is 3.28. The molecule has 0 aliphatic heterocycles. The predicted octanol–water partition coefficient (Wildman–Crippen LogP) is 4.25. The highest BCUT2D eigenvalue weighted by Gasteiger charge is 2.21. The second-order valence-electron chi connectivity index (χ2n) is 6.21. The van der Waals surface area contributed by atoms with Crippen LogP contribution in [0.1, 0.15) is 10.4 Å². The van der Waals surface area contributed by atoms with Gasteiger partial charge in [0, 0.05) is 30.4 Å². The molecule has 0 amide bonds. The Labute approximate surface area is 155 Å². The molecule has 0 radical (unpaired) electrons. The van der Waals surface area contributed by atoms with Gasteiger partial charge in [0.15, 0.2) is 5.43 Å².